The van der Waals surface area contributed by atoms with Gasteiger partial charge in [0.25, 0.3) is 0 Å². The van der Waals surface area contributed by atoms with Crippen LogP contribution in [0.2, 0.25) is 0 Å². The summed E-state index contributed by atoms with van der Waals surface area (Å²) in [7, 11) is 0. The van der Waals surface area contributed by atoms with Crippen molar-refractivity contribution in [2.24, 2.45) is 0 Å². The number of halogens is 1. The molecule has 1 rings (SSSR count). The fraction of sp³-hybridized carbons (Fsp3) is 0.750. The summed E-state index contributed by atoms with van der Waals surface area (Å²) >= 11 is 2.33. The van der Waals surface area contributed by atoms with E-state index in [-0.39, 0.29) is 0 Å². The van der Waals surface area contributed by atoms with E-state index in [1.807, 2.05) is 6.20 Å². The molecule has 0 aliphatic carbocycles. The molecule has 0 bridgehead atoms. The Morgan fingerprint density at radius 2 is 2.06 bits per heavy atom. The highest BCUT2D eigenvalue weighted by atomic mass is 127. The predicted octanol–water partition coefficient (Wildman–Crippen LogP) is 3.77. The van der Waals surface area contributed by atoms with Crippen LogP contribution >= 0.6 is 22.6 Å². The van der Waals surface area contributed by atoms with Gasteiger partial charge in [-0.05, 0) is 49.3 Å². The van der Waals surface area contributed by atoms with Gasteiger partial charge in [0.05, 0.1) is 28.2 Å². The van der Waals surface area contributed by atoms with Crippen LogP contribution in [-0.4, -0.2) is 15.9 Å². The van der Waals surface area contributed by atoms with Gasteiger partial charge in [0.1, 0.15) is 0 Å². The summed E-state index contributed by atoms with van der Waals surface area (Å²) in [5.41, 5.74) is 1.20. The van der Waals surface area contributed by atoms with E-state index < -0.39 is 0 Å². The van der Waals surface area contributed by atoms with E-state index in [0.717, 1.165) is 12.8 Å². The summed E-state index contributed by atoms with van der Waals surface area (Å²) in [5, 5.41) is 4.42. The molecule has 2 atom stereocenters. The number of nitrogens with zero attached hydrogens (tertiary/aromatic N) is 2. The minimum absolute atomic E-state index is 0.316. The first kappa shape index (κ1) is 14.0. The van der Waals surface area contributed by atoms with E-state index in [0.29, 0.717) is 18.8 Å². The van der Waals surface area contributed by atoms with E-state index >= 15 is 0 Å². The van der Waals surface area contributed by atoms with Crippen LogP contribution < -0.4 is 0 Å². The maximum absolute atomic E-state index is 5.79. The molecule has 16 heavy (non-hydrogen) atoms. The number of hydrogen-bond acceptors (Lipinski definition) is 2. The molecule has 0 aromatic carbocycles. The van der Waals surface area contributed by atoms with Gasteiger partial charge >= 0.3 is 0 Å². The molecule has 3 nitrogen and oxygen atoms in total. The van der Waals surface area contributed by atoms with Crippen LogP contribution in [-0.2, 0) is 11.3 Å². The Balaban J connectivity index is 2.73. The largest absolute Gasteiger partial charge is 0.372 e. The van der Waals surface area contributed by atoms with Gasteiger partial charge in [-0.15, -0.1) is 0 Å². The summed E-state index contributed by atoms with van der Waals surface area (Å²) in [6, 6.07) is 0.444. The molecule has 0 spiro atoms. The Hall–Kier alpha value is -0.100. The van der Waals surface area contributed by atoms with Crippen molar-refractivity contribution in [1.82, 2.24) is 9.78 Å². The normalized spacial score (nSPS) is 15.1. The highest BCUT2D eigenvalue weighted by molar-refractivity contribution is 14.1. The summed E-state index contributed by atoms with van der Waals surface area (Å²) < 4.78 is 9.07. The third kappa shape index (κ3) is 3.45. The van der Waals surface area contributed by atoms with Crippen LogP contribution in [0.4, 0.5) is 0 Å². The van der Waals surface area contributed by atoms with Gasteiger partial charge in [0, 0.05) is 6.04 Å². The molecule has 0 unspecified atom stereocenters. The molecule has 0 saturated carbocycles. The zero-order valence-corrected chi connectivity index (χ0v) is 12.7. The SMILES string of the molecule is CC[C@@H](C)n1ncc(I)c1CO[C@@H](C)CC. The van der Waals surface area contributed by atoms with E-state index in [2.05, 4.69) is 60.1 Å². The first-order chi connectivity index (χ1) is 7.60. The van der Waals surface area contributed by atoms with Gasteiger partial charge in [0.2, 0.25) is 0 Å². The van der Waals surface area contributed by atoms with Crippen LogP contribution in [0.3, 0.4) is 0 Å². The van der Waals surface area contributed by atoms with Gasteiger partial charge in [-0.3, -0.25) is 4.68 Å². The summed E-state index contributed by atoms with van der Waals surface area (Å²) in [4.78, 5) is 0. The van der Waals surface area contributed by atoms with Crippen molar-refractivity contribution >= 4 is 22.6 Å². The highest BCUT2D eigenvalue weighted by Gasteiger charge is 2.13. The Morgan fingerprint density at radius 3 is 2.62 bits per heavy atom. The van der Waals surface area contributed by atoms with Crippen molar-refractivity contribution in [2.45, 2.75) is 59.3 Å². The number of ether oxygens (including phenoxy) is 1. The van der Waals surface area contributed by atoms with Crippen molar-refractivity contribution in [1.29, 1.82) is 0 Å². The maximum Gasteiger partial charge on any atom is 0.0899 e. The van der Waals surface area contributed by atoms with Gasteiger partial charge in [-0.2, -0.15) is 5.10 Å². The van der Waals surface area contributed by atoms with E-state index in [1.165, 1.54) is 9.26 Å². The molecule has 0 saturated heterocycles. The van der Waals surface area contributed by atoms with E-state index in [9.17, 15) is 0 Å². The molecule has 1 heterocycles. The zero-order chi connectivity index (χ0) is 12.1. The third-order valence-electron chi connectivity index (χ3n) is 2.94. The second-order valence-electron chi connectivity index (χ2n) is 4.17. The summed E-state index contributed by atoms with van der Waals surface area (Å²) in [5.74, 6) is 0. The fourth-order valence-electron chi connectivity index (χ4n) is 1.39. The molecular weight excluding hydrogens is 315 g/mol. The van der Waals surface area contributed by atoms with Crippen LogP contribution in [0.5, 0.6) is 0 Å². The topological polar surface area (TPSA) is 27.1 Å². The minimum Gasteiger partial charge on any atom is -0.372 e. The Labute approximate surface area is 112 Å². The highest BCUT2D eigenvalue weighted by Crippen LogP contribution is 2.19. The lowest BCUT2D eigenvalue weighted by Crippen LogP contribution is -2.14. The standard InChI is InChI=1S/C12H21IN2O/c1-5-9(3)15-12(11(13)7-14-15)8-16-10(4)6-2/h7,9-10H,5-6,8H2,1-4H3/t9-,10+/m1/s1. The third-order valence-corrected chi connectivity index (χ3v) is 3.84. The van der Waals surface area contributed by atoms with Crippen molar-refractivity contribution < 1.29 is 4.74 Å². The monoisotopic (exact) mass is 336 g/mol. The average molecular weight is 336 g/mol. The minimum atomic E-state index is 0.316. The van der Waals surface area contributed by atoms with Gasteiger partial charge < -0.3 is 4.74 Å². The molecule has 0 aliphatic rings. The van der Waals surface area contributed by atoms with Gasteiger partial charge in [0.15, 0.2) is 0 Å². The van der Waals surface area contributed by atoms with Crippen molar-refractivity contribution in [3.63, 3.8) is 0 Å². The first-order valence-corrected chi connectivity index (χ1v) is 7.01. The molecule has 1 aromatic heterocycles. The molecule has 4 heteroatoms. The Morgan fingerprint density at radius 1 is 1.38 bits per heavy atom. The van der Waals surface area contributed by atoms with Gasteiger partial charge in [-0.1, -0.05) is 13.8 Å². The van der Waals surface area contributed by atoms with E-state index in [4.69, 9.17) is 4.74 Å². The zero-order valence-electron chi connectivity index (χ0n) is 10.5. The Bertz CT molecular complexity index is 325. The lowest BCUT2D eigenvalue weighted by atomic mass is 10.2. The van der Waals surface area contributed by atoms with Crippen LogP contribution in [0.25, 0.3) is 0 Å². The number of aromatic nitrogens is 2. The van der Waals surface area contributed by atoms with Crippen molar-refractivity contribution in [3.05, 3.63) is 15.5 Å². The summed E-state index contributed by atoms with van der Waals surface area (Å²) in [6.07, 6.45) is 4.38. The average Bonchev–Trinajstić information content (AvgIpc) is 2.66. The van der Waals surface area contributed by atoms with Crippen LogP contribution in [0.15, 0.2) is 6.20 Å². The lowest BCUT2D eigenvalue weighted by molar-refractivity contribution is 0.0455. The van der Waals surface area contributed by atoms with Crippen molar-refractivity contribution in [3.8, 4) is 0 Å². The van der Waals surface area contributed by atoms with E-state index in [1.54, 1.807) is 0 Å². The molecule has 0 amide bonds. The molecule has 0 N–H and O–H groups in total. The quantitative estimate of drug-likeness (QED) is 0.740. The molecule has 0 fully saturated rings. The summed E-state index contributed by atoms with van der Waals surface area (Å²) in [6.45, 7) is 9.28. The van der Waals surface area contributed by atoms with Crippen LogP contribution in [0, 0.1) is 3.57 Å². The molecule has 92 valence electrons. The Kier molecular flexibility index (Phi) is 5.75. The molecule has 0 radical (unpaired) electrons. The lowest BCUT2D eigenvalue weighted by Gasteiger charge is -2.16. The van der Waals surface area contributed by atoms with Gasteiger partial charge in [-0.25, -0.2) is 0 Å². The maximum atomic E-state index is 5.79. The number of hydrogen-bond donors (Lipinski definition) is 0. The predicted molar refractivity (Wildman–Crippen MR) is 74.5 cm³/mol. The number of rotatable bonds is 6. The smallest absolute Gasteiger partial charge is 0.0899 e. The second kappa shape index (κ2) is 6.59. The second-order valence-corrected chi connectivity index (χ2v) is 5.33. The van der Waals surface area contributed by atoms with Crippen LogP contribution in [0.1, 0.15) is 52.3 Å². The molecule has 0 aliphatic heterocycles. The molecule has 1 aromatic rings. The molecular formula is C12H21IN2O. The fourth-order valence-corrected chi connectivity index (χ4v) is 1.92. The first-order valence-electron chi connectivity index (χ1n) is 5.93. The van der Waals surface area contributed by atoms with Crippen molar-refractivity contribution in [2.75, 3.05) is 0 Å².